The molecule has 1 atom stereocenters. The zero-order chi connectivity index (χ0) is 17.8. The molecule has 1 unspecified atom stereocenters. The molecule has 1 aliphatic heterocycles. The van der Waals surface area contributed by atoms with Gasteiger partial charge in [0, 0.05) is 25.6 Å². The summed E-state index contributed by atoms with van der Waals surface area (Å²) in [4.78, 5) is 26.0. The molecule has 0 saturated carbocycles. The second-order valence-corrected chi connectivity index (χ2v) is 6.52. The van der Waals surface area contributed by atoms with Crippen LogP contribution in [-0.2, 0) is 11.3 Å². The largest absolute Gasteiger partial charge is 0.378 e. The average Bonchev–Trinajstić information content (AvgIpc) is 3.10. The molecule has 1 aromatic carbocycles. The molecule has 3 rings (SSSR count). The van der Waals surface area contributed by atoms with Gasteiger partial charge in [-0.15, -0.1) is 0 Å². The van der Waals surface area contributed by atoms with E-state index in [1.807, 2.05) is 42.2 Å². The Morgan fingerprint density at radius 2 is 2.12 bits per heavy atom. The molecule has 0 spiro atoms. The molecule has 2 aromatic rings. The van der Waals surface area contributed by atoms with E-state index in [4.69, 9.17) is 11.6 Å². The molecule has 1 aliphatic rings. The summed E-state index contributed by atoms with van der Waals surface area (Å²) >= 11 is 6.25. The molecule has 132 valence electrons. The van der Waals surface area contributed by atoms with Crippen molar-refractivity contribution in [3.63, 3.8) is 0 Å². The second kappa shape index (κ2) is 7.70. The number of amides is 1. The first-order valence-corrected chi connectivity index (χ1v) is 8.80. The van der Waals surface area contributed by atoms with Crippen LogP contribution in [0.5, 0.6) is 0 Å². The molecule has 6 nitrogen and oxygen atoms in total. The standard InChI is InChI=1S/C18H21ClN4O2/c1-2-16(24)22-9-8-14(12-22)21-15-10-20-23(18(25)17(15)19)11-13-6-4-3-5-7-13/h3-7,10,14,21H,2,8-9,11-12H2,1H3. The minimum absolute atomic E-state index is 0.0826. The molecule has 25 heavy (non-hydrogen) atoms. The summed E-state index contributed by atoms with van der Waals surface area (Å²) in [5.74, 6) is 0.145. The van der Waals surface area contributed by atoms with E-state index >= 15 is 0 Å². The number of nitrogens with one attached hydrogen (secondary N) is 1. The third kappa shape index (κ3) is 4.02. The number of aromatic nitrogens is 2. The average molecular weight is 361 g/mol. The van der Waals surface area contributed by atoms with Gasteiger partial charge in [0.1, 0.15) is 5.02 Å². The van der Waals surface area contributed by atoms with Crippen LogP contribution in [0, 0.1) is 0 Å². The van der Waals surface area contributed by atoms with E-state index in [-0.39, 0.29) is 22.5 Å². The van der Waals surface area contributed by atoms with Crippen LogP contribution in [0.4, 0.5) is 5.69 Å². The van der Waals surface area contributed by atoms with E-state index in [1.165, 1.54) is 4.68 Å². The molecular formula is C18H21ClN4O2. The van der Waals surface area contributed by atoms with Crippen LogP contribution < -0.4 is 10.9 Å². The van der Waals surface area contributed by atoms with Gasteiger partial charge in [0.05, 0.1) is 18.4 Å². The fourth-order valence-electron chi connectivity index (χ4n) is 2.98. The number of likely N-dealkylation sites (tertiary alicyclic amines) is 1. The van der Waals surface area contributed by atoms with E-state index in [0.717, 1.165) is 18.5 Å². The number of anilines is 1. The van der Waals surface area contributed by atoms with Crippen molar-refractivity contribution < 1.29 is 4.79 Å². The van der Waals surface area contributed by atoms with Gasteiger partial charge in [-0.1, -0.05) is 48.9 Å². The Bertz CT molecular complexity index is 806. The summed E-state index contributed by atoms with van der Waals surface area (Å²) in [5, 5.41) is 7.60. The maximum atomic E-state index is 12.5. The number of benzene rings is 1. The van der Waals surface area contributed by atoms with Gasteiger partial charge in [-0.25, -0.2) is 4.68 Å². The van der Waals surface area contributed by atoms with Gasteiger partial charge in [-0.3, -0.25) is 9.59 Å². The third-order valence-electron chi connectivity index (χ3n) is 4.36. The third-order valence-corrected chi connectivity index (χ3v) is 4.73. The van der Waals surface area contributed by atoms with Gasteiger partial charge in [-0.05, 0) is 12.0 Å². The summed E-state index contributed by atoms with van der Waals surface area (Å²) in [6.45, 7) is 3.58. The highest BCUT2D eigenvalue weighted by atomic mass is 35.5. The van der Waals surface area contributed by atoms with Crippen LogP contribution in [0.15, 0.2) is 41.3 Å². The van der Waals surface area contributed by atoms with E-state index in [1.54, 1.807) is 6.20 Å². The SMILES string of the molecule is CCC(=O)N1CCC(Nc2cnn(Cc3ccccc3)c(=O)c2Cl)C1. The quantitative estimate of drug-likeness (QED) is 0.888. The lowest BCUT2D eigenvalue weighted by Gasteiger charge is -2.17. The summed E-state index contributed by atoms with van der Waals surface area (Å²) in [6.07, 6.45) is 2.91. The molecule has 0 radical (unpaired) electrons. The fraction of sp³-hybridized carbons (Fsp3) is 0.389. The Balaban J connectivity index is 1.71. The van der Waals surface area contributed by atoms with E-state index in [0.29, 0.717) is 25.2 Å². The number of hydrogen-bond acceptors (Lipinski definition) is 4. The Morgan fingerprint density at radius 3 is 2.84 bits per heavy atom. The molecule has 1 amide bonds. The molecule has 0 bridgehead atoms. The molecule has 0 aliphatic carbocycles. The van der Waals surface area contributed by atoms with Crippen molar-refractivity contribution in [2.45, 2.75) is 32.4 Å². The smallest absolute Gasteiger partial charge is 0.287 e. The summed E-state index contributed by atoms with van der Waals surface area (Å²) < 4.78 is 1.35. The number of carbonyl (C=O) groups is 1. The van der Waals surface area contributed by atoms with Crippen molar-refractivity contribution >= 4 is 23.2 Å². The van der Waals surface area contributed by atoms with Crippen LogP contribution in [0.3, 0.4) is 0 Å². The monoisotopic (exact) mass is 360 g/mol. The van der Waals surface area contributed by atoms with Crippen molar-refractivity contribution in [2.24, 2.45) is 0 Å². The summed E-state index contributed by atoms with van der Waals surface area (Å²) in [5.41, 5.74) is 1.18. The van der Waals surface area contributed by atoms with E-state index in [9.17, 15) is 9.59 Å². The number of nitrogens with zero attached hydrogens (tertiary/aromatic N) is 3. The van der Waals surface area contributed by atoms with Gasteiger partial charge in [0.25, 0.3) is 5.56 Å². The lowest BCUT2D eigenvalue weighted by molar-refractivity contribution is -0.129. The predicted molar refractivity (Wildman–Crippen MR) is 97.9 cm³/mol. The number of hydrogen-bond donors (Lipinski definition) is 1. The Morgan fingerprint density at radius 1 is 1.36 bits per heavy atom. The summed E-state index contributed by atoms with van der Waals surface area (Å²) in [6, 6.07) is 9.72. The van der Waals surface area contributed by atoms with Crippen LogP contribution in [0.2, 0.25) is 5.02 Å². The van der Waals surface area contributed by atoms with Crippen molar-refractivity contribution in [1.82, 2.24) is 14.7 Å². The maximum Gasteiger partial charge on any atom is 0.287 e. The molecule has 1 aromatic heterocycles. The highest BCUT2D eigenvalue weighted by Gasteiger charge is 2.26. The maximum absolute atomic E-state index is 12.5. The molecule has 1 fully saturated rings. The fourth-order valence-corrected chi connectivity index (χ4v) is 3.18. The molecule has 7 heteroatoms. The lowest BCUT2D eigenvalue weighted by Crippen LogP contribution is -2.32. The zero-order valence-corrected chi connectivity index (χ0v) is 14.9. The van der Waals surface area contributed by atoms with E-state index in [2.05, 4.69) is 10.4 Å². The van der Waals surface area contributed by atoms with Gasteiger partial charge in [-0.2, -0.15) is 5.10 Å². The predicted octanol–water partition coefficient (Wildman–Crippen LogP) is 2.37. The van der Waals surface area contributed by atoms with Crippen LogP contribution >= 0.6 is 11.6 Å². The van der Waals surface area contributed by atoms with Crippen molar-refractivity contribution in [3.05, 3.63) is 57.5 Å². The lowest BCUT2D eigenvalue weighted by atomic mass is 10.2. The van der Waals surface area contributed by atoms with Crippen molar-refractivity contribution in [1.29, 1.82) is 0 Å². The molecular weight excluding hydrogens is 340 g/mol. The van der Waals surface area contributed by atoms with Crippen LogP contribution in [-0.4, -0.2) is 39.7 Å². The topological polar surface area (TPSA) is 67.2 Å². The first kappa shape index (κ1) is 17.5. The second-order valence-electron chi connectivity index (χ2n) is 6.14. The number of carbonyl (C=O) groups excluding carboxylic acids is 1. The van der Waals surface area contributed by atoms with Gasteiger partial charge >= 0.3 is 0 Å². The Labute approximate surface area is 151 Å². The van der Waals surface area contributed by atoms with Gasteiger partial charge in [0.2, 0.25) is 5.91 Å². The minimum atomic E-state index is -0.324. The summed E-state index contributed by atoms with van der Waals surface area (Å²) in [7, 11) is 0. The molecule has 1 saturated heterocycles. The van der Waals surface area contributed by atoms with E-state index < -0.39 is 0 Å². The highest BCUT2D eigenvalue weighted by Crippen LogP contribution is 2.20. The number of rotatable bonds is 5. The number of halogens is 1. The molecule has 2 heterocycles. The van der Waals surface area contributed by atoms with Crippen LogP contribution in [0.1, 0.15) is 25.3 Å². The Hall–Kier alpha value is -2.34. The zero-order valence-electron chi connectivity index (χ0n) is 14.1. The van der Waals surface area contributed by atoms with Crippen LogP contribution in [0.25, 0.3) is 0 Å². The van der Waals surface area contributed by atoms with Gasteiger partial charge in [0.15, 0.2) is 0 Å². The van der Waals surface area contributed by atoms with Gasteiger partial charge < -0.3 is 10.2 Å². The first-order chi connectivity index (χ1) is 12.1. The van der Waals surface area contributed by atoms with Crippen molar-refractivity contribution in [2.75, 3.05) is 18.4 Å². The Kier molecular flexibility index (Phi) is 5.38. The normalized spacial score (nSPS) is 16.9. The molecule has 1 N–H and O–H groups in total. The highest BCUT2D eigenvalue weighted by molar-refractivity contribution is 6.32. The van der Waals surface area contributed by atoms with Crippen molar-refractivity contribution in [3.8, 4) is 0 Å². The minimum Gasteiger partial charge on any atom is -0.378 e. The first-order valence-electron chi connectivity index (χ1n) is 8.42.